The largest absolute Gasteiger partial charge is 0.479 e. The van der Waals surface area contributed by atoms with Crippen molar-refractivity contribution in [1.29, 1.82) is 0 Å². The Morgan fingerprint density at radius 1 is 0.491 bits per heavy atom. The van der Waals surface area contributed by atoms with Crippen LogP contribution in [0.25, 0.3) is 0 Å². The van der Waals surface area contributed by atoms with Crippen molar-refractivity contribution >= 4 is 17.9 Å². The zero-order valence-corrected chi connectivity index (χ0v) is 62.0. The quantitative estimate of drug-likeness (QED) is 0.0588. The molecule has 32 heteroatoms. The summed E-state index contributed by atoms with van der Waals surface area (Å²) in [6, 6.07) is 17.8. The van der Waals surface area contributed by atoms with Crippen molar-refractivity contribution < 1.29 is 158 Å². The number of esters is 2. The molecule has 16 N–H and O–H groups in total. The number of aliphatic carboxylic acids is 1. The summed E-state index contributed by atoms with van der Waals surface area (Å²) in [5.41, 5.74) is -5.57. The number of ether oxygens (including phenoxy) is 13. The fourth-order valence-corrected chi connectivity index (χ4v) is 21.8. The van der Waals surface area contributed by atoms with Gasteiger partial charge in [-0.3, -0.25) is 4.79 Å². The van der Waals surface area contributed by atoms with Gasteiger partial charge in [0.1, 0.15) is 110 Å². The number of aryl methyl sites for hydroxylation is 1. The summed E-state index contributed by atoms with van der Waals surface area (Å²) in [4.78, 5) is 42.3. The minimum Gasteiger partial charge on any atom is -0.479 e. The van der Waals surface area contributed by atoms with E-state index in [-0.39, 0.29) is 36.7 Å². The molecule has 11 aliphatic rings. The number of hydrogen-bond acceptors (Lipinski definition) is 31. The predicted molar refractivity (Wildman–Crippen MR) is 365 cm³/mol. The Labute approximate surface area is 624 Å². The highest BCUT2D eigenvalue weighted by molar-refractivity contribution is 5.89. The Morgan fingerprint density at radius 2 is 1.01 bits per heavy atom. The van der Waals surface area contributed by atoms with Gasteiger partial charge >= 0.3 is 17.9 Å². The van der Waals surface area contributed by atoms with Crippen LogP contribution in [0.15, 0.2) is 60.7 Å². The molecule has 0 radical (unpaired) electrons. The molecule has 5 aliphatic carbocycles. The molecule has 6 heterocycles. The molecule has 38 atom stereocenters. The maximum Gasteiger partial charge on any atom is 0.338 e. The first-order valence-electron chi connectivity index (χ1n) is 37.9. The van der Waals surface area contributed by atoms with Gasteiger partial charge in [0.2, 0.25) is 0 Å². The summed E-state index contributed by atoms with van der Waals surface area (Å²) in [6.07, 6.45) is -51.5. The average molecular weight is 1540 g/mol. The third-order valence-corrected chi connectivity index (χ3v) is 27.8. The number of aliphatic hydroxyl groups is 15. The van der Waals surface area contributed by atoms with Crippen LogP contribution in [0.3, 0.4) is 0 Å². The van der Waals surface area contributed by atoms with Crippen molar-refractivity contribution in [3.8, 4) is 0 Å². The van der Waals surface area contributed by atoms with Gasteiger partial charge in [0.05, 0.1) is 54.2 Å². The van der Waals surface area contributed by atoms with Gasteiger partial charge in [-0.25, -0.2) is 9.59 Å². The van der Waals surface area contributed by atoms with E-state index in [2.05, 4.69) is 20.8 Å². The molecule has 0 amide bonds. The van der Waals surface area contributed by atoms with Gasteiger partial charge in [-0.2, -0.15) is 0 Å². The number of benzene rings is 2. The minimum atomic E-state index is -2.38. The Morgan fingerprint density at radius 3 is 1.64 bits per heavy atom. The van der Waals surface area contributed by atoms with E-state index in [0.717, 1.165) is 5.56 Å². The van der Waals surface area contributed by atoms with Crippen molar-refractivity contribution in [2.45, 2.75) is 316 Å². The molecule has 11 fully saturated rings. The number of fused-ring (bicyclic) bond motifs is 4. The van der Waals surface area contributed by atoms with Crippen molar-refractivity contribution in [2.24, 2.45) is 50.2 Å². The fourth-order valence-electron chi connectivity index (χ4n) is 21.8. The van der Waals surface area contributed by atoms with E-state index < -0.39 is 259 Å². The molecule has 606 valence electrons. The Kier molecular flexibility index (Phi) is 23.1. The van der Waals surface area contributed by atoms with Crippen LogP contribution < -0.4 is 0 Å². The van der Waals surface area contributed by atoms with Crippen molar-refractivity contribution in [2.75, 3.05) is 13.2 Å². The molecule has 2 bridgehead atoms. The summed E-state index contributed by atoms with van der Waals surface area (Å²) in [7, 11) is 0. The van der Waals surface area contributed by atoms with Crippen LogP contribution in [-0.2, 0) is 77.6 Å². The first-order chi connectivity index (χ1) is 50.9. The number of carbonyl (C=O) groups is 3. The Hall–Kier alpha value is -4.19. The van der Waals surface area contributed by atoms with Crippen molar-refractivity contribution in [3.63, 3.8) is 0 Å². The molecule has 13 rings (SSSR count). The summed E-state index contributed by atoms with van der Waals surface area (Å²) in [5, 5.41) is 183. The normalized spacial score (nSPS) is 50.2. The molecule has 108 heavy (non-hydrogen) atoms. The van der Waals surface area contributed by atoms with E-state index in [0.29, 0.717) is 44.9 Å². The Balaban J connectivity index is 0.805. The highest BCUT2D eigenvalue weighted by atomic mass is 16.8. The third kappa shape index (κ3) is 13.4. The predicted octanol–water partition coefficient (Wildman–Crippen LogP) is -1.07. The number of rotatable bonds is 19. The molecule has 2 aromatic carbocycles. The van der Waals surface area contributed by atoms with Crippen LogP contribution in [0, 0.1) is 50.2 Å². The van der Waals surface area contributed by atoms with Gasteiger partial charge in [-0.15, -0.1) is 0 Å². The monoisotopic (exact) mass is 1530 g/mol. The first-order valence-corrected chi connectivity index (χ1v) is 37.9. The molecule has 0 aromatic heterocycles. The fraction of sp³-hybridized carbons (Fsp3) is 0.803. The van der Waals surface area contributed by atoms with Gasteiger partial charge in [0.25, 0.3) is 0 Å². The molecule has 5 saturated carbocycles. The van der Waals surface area contributed by atoms with E-state index in [1.807, 2.05) is 58.0 Å². The van der Waals surface area contributed by atoms with Crippen LogP contribution in [0.5, 0.6) is 0 Å². The number of aliphatic hydroxyl groups excluding tert-OH is 15. The van der Waals surface area contributed by atoms with E-state index in [9.17, 15) is 96.1 Å². The van der Waals surface area contributed by atoms with E-state index in [4.69, 9.17) is 61.6 Å². The zero-order chi connectivity index (χ0) is 78.2. The minimum absolute atomic E-state index is 0.0505. The second-order valence-electron chi connectivity index (χ2n) is 34.3. The molecule has 6 saturated heterocycles. The first kappa shape index (κ1) is 81.8. The molecule has 1 spiro atoms. The Bertz CT molecular complexity index is 3470. The number of carbonyl (C=O) groups excluding carboxylic acids is 2. The van der Waals surface area contributed by atoms with Crippen LogP contribution in [0.1, 0.15) is 136 Å². The molecular formula is C76H110O32. The van der Waals surface area contributed by atoms with Crippen LogP contribution in [0.2, 0.25) is 0 Å². The summed E-state index contributed by atoms with van der Waals surface area (Å²) in [6.45, 7) is 15.2. The maximum absolute atomic E-state index is 14.5. The van der Waals surface area contributed by atoms with Crippen molar-refractivity contribution in [1.82, 2.24) is 0 Å². The van der Waals surface area contributed by atoms with E-state index in [1.54, 1.807) is 30.3 Å². The van der Waals surface area contributed by atoms with Crippen LogP contribution in [-0.4, -0.2) is 303 Å². The molecular weight excluding hydrogens is 1420 g/mol. The van der Waals surface area contributed by atoms with E-state index >= 15 is 0 Å². The number of carboxylic acid groups (broad SMARTS) is 1. The second-order valence-corrected chi connectivity index (χ2v) is 34.3. The summed E-state index contributed by atoms with van der Waals surface area (Å²) >= 11 is 0. The van der Waals surface area contributed by atoms with Gasteiger partial charge in [0, 0.05) is 23.2 Å². The van der Waals surface area contributed by atoms with E-state index in [1.165, 1.54) is 13.8 Å². The lowest BCUT2D eigenvalue weighted by Crippen LogP contribution is -2.77. The summed E-state index contributed by atoms with van der Waals surface area (Å²) in [5.74, 6) is -4.03. The molecule has 14 unspecified atom stereocenters. The van der Waals surface area contributed by atoms with Gasteiger partial charge in [-0.1, -0.05) is 97.0 Å². The standard InChI is InChI=1S/C76H110O32/c1-32-44(81)48(85)52(89)64(96-32)104-57-50(87)45(82)33(2)97-66(57)105-58-51(88)47(84)37(31-78)99-67(58)102-55-54(91)56(62(92)93)103-68(59(55)106-65-53(90)49(86)46(83)36(30-77)98-65)100-42-24-25-72(7)38(71(42,5)6)22-26-73(8)39(72)23-27-75-40-28-70(3,4)60(107-63(94)35-18-14-11-15-19-35)61(101-43(80)21-20-34-16-12-10-13-17-34)76(40,69(95)108-75)41(79)29-74(73,75)9/h10-19,32-33,36-42,44-61,64-69,77-79,81-91,95H,20-31H2,1-9H3,(H,92,93)/t32-,33-,36?,37?,38?,39?,40?,41+,42-,44-,45?,46+,47-,48?,49?,50-,51?,52-,53-,54-,55?,56?,57?,58-,59-,60-,61-,64?,65-,66?,67-,68+,69-,72-,73+,74-,75-,76+/m0/s1. The molecule has 32 nitrogen and oxygen atoms in total. The highest BCUT2D eigenvalue weighted by Crippen LogP contribution is 2.82. The zero-order valence-electron chi connectivity index (χ0n) is 62.0. The van der Waals surface area contributed by atoms with Gasteiger partial charge in [0.15, 0.2) is 49.9 Å². The lowest BCUT2D eigenvalue weighted by Gasteiger charge is -2.75. The summed E-state index contributed by atoms with van der Waals surface area (Å²) < 4.78 is 82.5. The average Bonchev–Trinajstić information content (AvgIpc) is 1.41. The smallest absolute Gasteiger partial charge is 0.338 e. The van der Waals surface area contributed by atoms with Crippen LogP contribution >= 0.6 is 0 Å². The maximum atomic E-state index is 14.5. The van der Waals surface area contributed by atoms with Crippen molar-refractivity contribution in [3.05, 3.63) is 71.8 Å². The van der Waals surface area contributed by atoms with Crippen LogP contribution in [0.4, 0.5) is 0 Å². The third-order valence-electron chi connectivity index (χ3n) is 27.8. The van der Waals surface area contributed by atoms with Gasteiger partial charge < -0.3 is 143 Å². The molecule has 2 aromatic rings. The SMILES string of the molecule is C[C@@H]1OC(O[C@H]2C(O)[C@@H](O)C(CO)O[C@H]2OC2[C@H](O)C(C(=O)O)O[C@@H](O[C@H]3CC[C@@]4(C)C(CC[C@]5(C)C4CC[C@]46O[C@H](O)[C@]7(C4CC(C)(C)[C@@H](OC(=O)c4ccccc4)[C@@H]7OC(=O)CCc4ccccc4)[C@H](O)C[C@]65C)C3(C)C)[C@H]2O[C@@H]2OC(CO)[C@@H](O)C(O)[C@@H]2O)C(OC2O[C@@H](C)[C@H](O)C(O)[C@@H]2O)[C@@H](O)C1O. The highest BCUT2D eigenvalue weighted by Gasteiger charge is 2.86. The topological polar surface area (TPSA) is 495 Å². The second kappa shape index (κ2) is 30.5. The lowest BCUT2D eigenvalue weighted by atomic mass is 9.30. The lowest BCUT2D eigenvalue weighted by molar-refractivity contribution is -0.412. The number of carboxylic acids is 1. The number of hydrogen-bond donors (Lipinski definition) is 16. The molecule has 6 aliphatic heterocycles. The van der Waals surface area contributed by atoms with Gasteiger partial charge in [-0.05, 0) is 117 Å².